The van der Waals surface area contributed by atoms with Gasteiger partial charge in [0.2, 0.25) is 0 Å². The number of hydrogen-bond donors (Lipinski definition) is 1. The number of rotatable bonds is 2. The maximum atomic E-state index is 9.42. The number of para-hydroxylation sites is 2. The molecule has 1 heterocycles. The molecule has 0 bridgehead atoms. The van der Waals surface area contributed by atoms with Gasteiger partial charge in [-0.15, -0.1) is 0 Å². The van der Waals surface area contributed by atoms with Crippen LogP contribution in [0.25, 0.3) is 11.0 Å². The Morgan fingerprint density at radius 1 is 1.46 bits per heavy atom. The van der Waals surface area contributed by atoms with Crippen LogP contribution in [0.4, 0.5) is 0 Å². The second-order valence-corrected chi connectivity index (χ2v) is 2.70. The minimum absolute atomic E-state index is 0.846. The number of benzene rings is 1. The quantitative estimate of drug-likeness (QED) is 0.678. The van der Waals surface area contributed by atoms with Gasteiger partial charge in [0, 0.05) is 7.11 Å². The molecule has 2 aromatic rings. The van der Waals surface area contributed by atoms with Crippen LogP contribution in [0.3, 0.4) is 0 Å². The molecule has 4 nitrogen and oxygen atoms in total. The monoisotopic (exact) mass is 176 g/mol. The zero-order chi connectivity index (χ0) is 9.26. The summed E-state index contributed by atoms with van der Waals surface area (Å²) >= 11 is 0. The van der Waals surface area contributed by atoms with Crippen molar-refractivity contribution in [1.29, 1.82) is 0 Å². The van der Waals surface area contributed by atoms with Crippen molar-refractivity contribution >= 4 is 18.3 Å². The second kappa shape index (κ2) is 3.20. The molecule has 1 N–H and O–H groups in total. The van der Waals surface area contributed by atoms with E-state index in [-0.39, 0.29) is 0 Å². The van der Waals surface area contributed by atoms with Crippen LogP contribution in [0.2, 0.25) is 0 Å². The van der Waals surface area contributed by atoms with E-state index in [1.54, 1.807) is 10.8 Å². The first-order chi connectivity index (χ1) is 6.33. The van der Waals surface area contributed by atoms with E-state index >= 15 is 0 Å². The van der Waals surface area contributed by atoms with E-state index < -0.39 is 7.25 Å². The van der Waals surface area contributed by atoms with Gasteiger partial charge in [0.25, 0.3) is 0 Å². The van der Waals surface area contributed by atoms with E-state index in [2.05, 4.69) is 4.98 Å². The third kappa shape index (κ3) is 1.32. The van der Waals surface area contributed by atoms with Crippen molar-refractivity contribution < 1.29 is 9.68 Å². The van der Waals surface area contributed by atoms with Gasteiger partial charge in [-0.3, -0.25) is 0 Å². The molecule has 0 atom stereocenters. The summed E-state index contributed by atoms with van der Waals surface area (Å²) in [5.41, 5.74) is 1.70. The average molecular weight is 176 g/mol. The molecule has 0 spiro atoms. The molecule has 1 aromatic carbocycles. The van der Waals surface area contributed by atoms with Crippen LogP contribution in [0.5, 0.6) is 0 Å². The van der Waals surface area contributed by atoms with E-state index in [9.17, 15) is 5.02 Å². The highest BCUT2D eigenvalue weighted by molar-refractivity contribution is 6.42. The largest absolute Gasteiger partial charge is 0.595 e. The third-order valence-corrected chi connectivity index (χ3v) is 1.93. The van der Waals surface area contributed by atoms with Gasteiger partial charge >= 0.3 is 7.25 Å². The van der Waals surface area contributed by atoms with E-state index in [0.717, 1.165) is 11.0 Å². The highest BCUT2D eigenvalue weighted by Gasteiger charge is 2.16. The second-order valence-electron chi connectivity index (χ2n) is 2.70. The highest BCUT2D eigenvalue weighted by atomic mass is 16.5. The summed E-state index contributed by atoms with van der Waals surface area (Å²) in [6.07, 6.45) is 1.55. The van der Waals surface area contributed by atoms with Gasteiger partial charge < -0.3 is 14.2 Å². The first-order valence-electron chi connectivity index (χ1n) is 3.95. The summed E-state index contributed by atoms with van der Waals surface area (Å²) in [5.74, 6) is 0. The fourth-order valence-corrected chi connectivity index (χ4v) is 1.27. The molecular weight excluding hydrogens is 167 g/mol. The maximum absolute atomic E-state index is 9.42. The average Bonchev–Trinajstić information content (AvgIpc) is 2.60. The van der Waals surface area contributed by atoms with Crippen LogP contribution in [0.15, 0.2) is 30.6 Å². The van der Waals surface area contributed by atoms with Crippen molar-refractivity contribution in [2.75, 3.05) is 7.11 Å². The van der Waals surface area contributed by atoms with E-state index in [1.165, 1.54) is 7.11 Å². The molecule has 5 heteroatoms. The molecule has 1 aromatic heterocycles. The summed E-state index contributed by atoms with van der Waals surface area (Å²) in [6, 6.07) is 7.56. The lowest BCUT2D eigenvalue weighted by atomic mass is 10.1. The van der Waals surface area contributed by atoms with Crippen molar-refractivity contribution in [1.82, 2.24) is 9.46 Å². The standard InChI is InChI=1S/C8H9BN2O2/c1-13-9(12)11-6-10-7-4-2-3-5-8(7)11/h2-6,12H,1H3. The SMILES string of the molecule is COB(O)n1cnc2ccccc21. The zero-order valence-corrected chi connectivity index (χ0v) is 7.21. The lowest BCUT2D eigenvalue weighted by Crippen LogP contribution is -2.25. The summed E-state index contributed by atoms with van der Waals surface area (Å²) in [7, 11) is 0.479. The Hall–Kier alpha value is -1.33. The summed E-state index contributed by atoms with van der Waals surface area (Å²) in [6.45, 7) is 0. The van der Waals surface area contributed by atoms with Gasteiger partial charge in [-0.25, -0.2) is 4.98 Å². The molecule has 0 aliphatic rings. The normalized spacial score (nSPS) is 10.6. The molecule has 0 aliphatic heterocycles. The van der Waals surface area contributed by atoms with Crippen LogP contribution in [-0.4, -0.2) is 28.8 Å². The lowest BCUT2D eigenvalue weighted by Gasteiger charge is -2.04. The van der Waals surface area contributed by atoms with E-state index in [4.69, 9.17) is 4.65 Å². The first kappa shape index (κ1) is 8.28. The molecule has 2 rings (SSSR count). The van der Waals surface area contributed by atoms with Gasteiger partial charge in [-0.1, -0.05) is 12.1 Å². The number of fused-ring (bicyclic) bond motifs is 1. The molecular formula is C8H9BN2O2. The van der Waals surface area contributed by atoms with Crippen molar-refractivity contribution in [3.8, 4) is 0 Å². The van der Waals surface area contributed by atoms with Gasteiger partial charge in [-0.2, -0.15) is 0 Å². The molecule has 0 aliphatic carbocycles. The Morgan fingerprint density at radius 2 is 2.23 bits per heavy atom. The predicted molar refractivity (Wildman–Crippen MR) is 50.1 cm³/mol. The molecule has 0 saturated carbocycles. The number of nitrogens with zero attached hydrogens (tertiary/aromatic N) is 2. The van der Waals surface area contributed by atoms with Crippen LogP contribution in [-0.2, 0) is 4.65 Å². The van der Waals surface area contributed by atoms with Gasteiger partial charge in [-0.05, 0) is 12.1 Å². The molecule has 0 amide bonds. The molecule has 13 heavy (non-hydrogen) atoms. The third-order valence-electron chi connectivity index (χ3n) is 1.93. The predicted octanol–water partition coefficient (Wildman–Crippen LogP) is 0.508. The molecule has 0 saturated heterocycles. The van der Waals surface area contributed by atoms with Gasteiger partial charge in [0.1, 0.15) is 0 Å². The molecule has 0 fully saturated rings. The molecule has 0 unspecified atom stereocenters. The fraction of sp³-hybridized carbons (Fsp3) is 0.125. The minimum Gasteiger partial charge on any atom is -0.407 e. The van der Waals surface area contributed by atoms with Gasteiger partial charge in [0.15, 0.2) is 0 Å². The van der Waals surface area contributed by atoms with Crippen LogP contribution >= 0.6 is 0 Å². The lowest BCUT2D eigenvalue weighted by molar-refractivity contribution is 0.317. The number of hydrogen-bond acceptors (Lipinski definition) is 3. The zero-order valence-electron chi connectivity index (χ0n) is 7.21. The summed E-state index contributed by atoms with van der Waals surface area (Å²) < 4.78 is 6.35. The molecule has 66 valence electrons. The highest BCUT2D eigenvalue weighted by Crippen LogP contribution is 2.11. The maximum Gasteiger partial charge on any atom is 0.595 e. The van der Waals surface area contributed by atoms with Crippen LogP contribution < -0.4 is 0 Å². The van der Waals surface area contributed by atoms with Gasteiger partial charge in [0.05, 0.1) is 17.4 Å². The summed E-state index contributed by atoms with van der Waals surface area (Å²) in [5, 5.41) is 9.42. The molecule has 0 radical (unpaired) electrons. The van der Waals surface area contributed by atoms with Crippen molar-refractivity contribution in [2.24, 2.45) is 0 Å². The first-order valence-corrected chi connectivity index (χ1v) is 3.95. The number of aromatic nitrogens is 2. The van der Waals surface area contributed by atoms with Crippen molar-refractivity contribution in [2.45, 2.75) is 0 Å². The smallest absolute Gasteiger partial charge is 0.407 e. The Balaban J connectivity index is 2.57. The Bertz CT molecular complexity index is 415. The number of imidazole rings is 1. The van der Waals surface area contributed by atoms with Crippen molar-refractivity contribution in [3.63, 3.8) is 0 Å². The van der Waals surface area contributed by atoms with Crippen LogP contribution in [0, 0.1) is 0 Å². The van der Waals surface area contributed by atoms with E-state index in [1.807, 2.05) is 24.3 Å². The van der Waals surface area contributed by atoms with E-state index in [0.29, 0.717) is 0 Å². The Kier molecular flexibility index (Phi) is 2.04. The topological polar surface area (TPSA) is 47.3 Å². The Morgan fingerprint density at radius 3 is 3.00 bits per heavy atom. The summed E-state index contributed by atoms with van der Waals surface area (Å²) in [4.78, 5) is 4.11. The van der Waals surface area contributed by atoms with Crippen molar-refractivity contribution in [3.05, 3.63) is 30.6 Å². The minimum atomic E-state index is -0.965. The Labute approximate surface area is 75.9 Å². The fourth-order valence-electron chi connectivity index (χ4n) is 1.27. The van der Waals surface area contributed by atoms with Crippen LogP contribution in [0.1, 0.15) is 0 Å².